The summed E-state index contributed by atoms with van der Waals surface area (Å²) in [6, 6.07) is 2.13. The topological polar surface area (TPSA) is 79.1 Å². The van der Waals surface area contributed by atoms with E-state index in [4.69, 9.17) is 5.73 Å². The average molecular weight is 236 g/mol. The predicted octanol–water partition coefficient (Wildman–Crippen LogP) is 1.86. The van der Waals surface area contributed by atoms with E-state index in [-0.39, 0.29) is 6.04 Å². The lowest BCUT2D eigenvalue weighted by Gasteiger charge is -2.35. The van der Waals surface area contributed by atoms with Gasteiger partial charge < -0.3 is 15.8 Å². The highest BCUT2D eigenvalue weighted by Gasteiger charge is 2.44. The Hall–Kier alpha value is -1.29. The minimum atomic E-state index is -0.731. The van der Waals surface area contributed by atoms with E-state index in [9.17, 15) is 9.90 Å². The first kappa shape index (κ1) is 12.2. The van der Waals surface area contributed by atoms with Crippen molar-refractivity contribution in [3.63, 3.8) is 0 Å². The summed E-state index contributed by atoms with van der Waals surface area (Å²) in [6.45, 7) is 3.90. The molecule has 0 bridgehead atoms. The number of carboxylic acid groups (broad SMARTS) is 1. The van der Waals surface area contributed by atoms with E-state index in [2.05, 4.69) is 4.98 Å². The van der Waals surface area contributed by atoms with Crippen LogP contribution in [-0.4, -0.2) is 22.1 Å². The molecule has 0 unspecified atom stereocenters. The Morgan fingerprint density at radius 1 is 1.47 bits per heavy atom. The Bertz CT molecular complexity index is 429. The molecule has 17 heavy (non-hydrogen) atoms. The Labute approximate surface area is 101 Å². The lowest BCUT2D eigenvalue weighted by Crippen LogP contribution is -2.43. The van der Waals surface area contributed by atoms with E-state index >= 15 is 0 Å². The number of hydrogen-bond donors (Lipinski definition) is 3. The summed E-state index contributed by atoms with van der Waals surface area (Å²) < 4.78 is 0. The summed E-state index contributed by atoms with van der Waals surface area (Å²) in [6.07, 6.45) is 2.86. The number of H-pyrrole nitrogens is 1. The fourth-order valence-electron chi connectivity index (χ4n) is 2.95. The Kier molecular flexibility index (Phi) is 3.00. The summed E-state index contributed by atoms with van der Waals surface area (Å²) in [5.41, 5.74) is 8.08. The molecule has 0 atom stereocenters. The molecule has 0 radical (unpaired) electrons. The lowest BCUT2D eigenvalue weighted by atomic mass is 9.68. The summed E-state index contributed by atoms with van der Waals surface area (Å²) >= 11 is 0. The second-order valence-electron chi connectivity index (χ2n) is 5.22. The Morgan fingerprint density at radius 3 is 2.47 bits per heavy atom. The summed E-state index contributed by atoms with van der Waals surface area (Å²) in [5, 5.41) is 9.61. The van der Waals surface area contributed by atoms with Crippen molar-refractivity contribution >= 4 is 5.97 Å². The number of hydrogen-bond acceptors (Lipinski definition) is 2. The highest BCUT2D eigenvalue weighted by molar-refractivity contribution is 5.82. The van der Waals surface area contributed by atoms with E-state index in [1.807, 2.05) is 19.9 Å². The third-order valence-electron chi connectivity index (χ3n) is 3.96. The first-order valence-corrected chi connectivity index (χ1v) is 6.11. The van der Waals surface area contributed by atoms with Gasteiger partial charge >= 0.3 is 5.97 Å². The Balaban J connectivity index is 2.42. The first-order valence-electron chi connectivity index (χ1n) is 6.11. The van der Waals surface area contributed by atoms with E-state index in [0.717, 1.165) is 29.8 Å². The molecule has 2 rings (SSSR count). The van der Waals surface area contributed by atoms with Gasteiger partial charge in [-0.2, -0.15) is 0 Å². The van der Waals surface area contributed by atoms with Gasteiger partial charge in [0.25, 0.3) is 0 Å². The molecular weight excluding hydrogens is 216 g/mol. The van der Waals surface area contributed by atoms with Crippen LogP contribution in [0.1, 0.15) is 42.6 Å². The number of aromatic nitrogens is 1. The molecule has 94 valence electrons. The van der Waals surface area contributed by atoms with Crippen LogP contribution < -0.4 is 5.73 Å². The van der Waals surface area contributed by atoms with Gasteiger partial charge in [-0.05, 0) is 51.2 Å². The van der Waals surface area contributed by atoms with Crippen molar-refractivity contribution in [1.29, 1.82) is 0 Å². The largest absolute Gasteiger partial charge is 0.481 e. The number of aliphatic carboxylic acids is 1. The van der Waals surface area contributed by atoms with Crippen molar-refractivity contribution in [1.82, 2.24) is 4.98 Å². The van der Waals surface area contributed by atoms with E-state index in [0.29, 0.717) is 12.8 Å². The second kappa shape index (κ2) is 4.18. The molecule has 1 aliphatic carbocycles. The van der Waals surface area contributed by atoms with Crippen LogP contribution >= 0.6 is 0 Å². The number of carbonyl (C=O) groups is 1. The van der Waals surface area contributed by atoms with E-state index < -0.39 is 11.4 Å². The molecule has 0 saturated heterocycles. The molecule has 0 aliphatic heterocycles. The van der Waals surface area contributed by atoms with Gasteiger partial charge in [-0.15, -0.1) is 0 Å². The summed E-state index contributed by atoms with van der Waals surface area (Å²) in [5.74, 6) is -0.716. The van der Waals surface area contributed by atoms with Gasteiger partial charge in [-0.25, -0.2) is 0 Å². The molecule has 0 spiro atoms. The molecule has 0 aromatic carbocycles. The van der Waals surface area contributed by atoms with Crippen molar-refractivity contribution in [2.24, 2.45) is 5.73 Å². The van der Waals surface area contributed by atoms with E-state index in [1.54, 1.807) is 0 Å². The van der Waals surface area contributed by atoms with E-state index in [1.165, 1.54) is 0 Å². The zero-order valence-corrected chi connectivity index (χ0v) is 10.4. The molecule has 4 heteroatoms. The quantitative estimate of drug-likeness (QED) is 0.733. The molecule has 0 amide bonds. The van der Waals surface area contributed by atoms with Gasteiger partial charge in [-0.3, -0.25) is 4.79 Å². The fraction of sp³-hybridized carbons (Fsp3) is 0.615. The monoisotopic (exact) mass is 236 g/mol. The average Bonchev–Trinajstić information content (AvgIpc) is 2.59. The minimum Gasteiger partial charge on any atom is -0.481 e. The first-order chi connectivity index (χ1) is 7.95. The normalized spacial score (nSPS) is 29.2. The SMILES string of the molecule is Cc1cc(C2(C(=O)O)CCC(N)CC2)c(C)[nH]1. The summed E-state index contributed by atoms with van der Waals surface area (Å²) in [7, 11) is 0. The molecule has 1 fully saturated rings. The molecule has 1 aliphatic rings. The molecular formula is C13H20N2O2. The van der Waals surface area contributed by atoms with Crippen LogP contribution in [0.25, 0.3) is 0 Å². The van der Waals surface area contributed by atoms with Crippen LogP contribution in [0.2, 0.25) is 0 Å². The van der Waals surface area contributed by atoms with Crippen molar-refractivity contribution in [3.8, 4) is 0 Å². The smallest absolute Gasteiger partial charge is 0.314 e. The second-order valence-corrected chi connectivity index (χ2v) is 5.22. The van der Waals surface area contributed by atoms with Gasteiger partial charge in [0.15, 0.2) is 0 Å². The number of nitrogens with one attached hydrogen (secondary N) is 1. The Morgan fingerprint density at radius 2 is 2.06 bits per heavy atom. The number of rotatable bonds is 2. The van der Waals surface area contributed by atoms with Crippen molar-refractivity contribution in [2.75, 3.05) is 0 Å². The highest BCUT2D eigenvalue weighted by Crippen LogP contribution is 2.41. The predicted molar refractivity (Wildman–Crippen MR) is 66.0 cm³/mol. The molecule has 4 N–H and O–H groups in total. The number of aromatic amines is 1. The lowest BCUT2D eigenvalue weighted by molar-refractivity contribution is -0.145. The highest BCUT2D eigenvalue weighted by atomic mass is 16.4. The van der Waals surface area contributed by atoms with Gasteiger partial charge in [0.2, 0.25) is 0 Å². The van der Waals surface area contributed by atoms with Crippen LogP contribution in [0, 0.1) is 13.8 Å². The molecule has 4 nitrogen and oxygen atoms in total. The maximum absolute atomic E-state index is 11.7. The zero-order valence-electron chi connectivity index (χ0n) is 10.4. The minimum absolute atomic E-state index is 0.155. The van der Waals surface area contributed by atoms with Crippen LogP contribution in [0.5, 0.6) is 0 Å². The van der Waals surface area contributed by atoms with Crippen molar-refractivity contribution in [2.45, 2.75) is 51.0 Å². The van der Waals surface area contributed by atoms with Crippen LogP contribution in [0.4, 0.5) is 0 Å². The number of carboxylic acids is 1. The number of aryl methyl sites for hydroxylation is 2. The third kappa shape index (κ3) is 1.97. The zero-order chi connectivity index (χ0) is 12.6. The van der Waals surface area contributed by atoms with Crippen molar-refractivity contribution < 1.29 is 9.90 Å². The van der Waals surface area contributed by atoms with Crippen LogP contribution in [0.3, 0.4) is 0 Å². The van der Waals surface area contributed by atoms with Gasteiger partial charge in [-0.1, -0.05) is 0 Å². The maximum atomic E-state index is 11.7. The molecule has 1 saturated carbocycles. The molecule has 1 aromatic heterocycles. The summed E-state index contributed by atoms with van der Waals surface area (Å²) in [4.78, 5) is 14.9. The fourth-order valence-corrected chi connectivity index (χ4v) is 2.95. The molecule has 1 aromatic rings. The standard InChI is InChI=1S/C13H20N2O2/c1-8-7-11(9(2)15-8)13(12(16)17)5-3-10(14)4-6-13/h7,10,15H,3-6,14H2,1-2H3,(H,16,17). The third-order valence-corrected chi connectivity index (χ3v) is 3.96. The van der Waals surface area contributed by atoms with Crippen LogP contribution in [0.15, 0.2) is 6.07 Å². The van der Waals surface area contributed by atoms with Gasteiger partial charge in [0, 0.05) is 17.4 Å². The number of nitrogens with two attached hydrogens (primary N) is 1. The maximum Gasteiger partial charge on any atom is 0.314 e. The van der Waals surface area contributed by atoms with Gasteiger partial charge in [0.05, 0.1) is 5.41 Å². The van der Waals surface area contributed by atoms with Gasteiger partial charge in [0.1, 0.15) is 0 Å². The molecule has 1 heterocycles. The van der Waals surface area contributed by atoms with Crippen molar-refractivity contribution in [3.05, 3.63) is 23.0 Å². The van der Waals surface area contributed by atoms with Crippen LogP contribution in [-0.2, 0) is 10.2 Å².